The third-order valence-corrected chi connectivity index (χ3v) is 5.22. The summed E-state index contributed by atoms with van der Waals surface area (Å²) in [5.74, 6) is 0.124. The quantitative estimate of drug-likeness (QED) is 0.812. The van der Waals surface area contributed by atoms with Crippen molar-refractivity contribution < 1.29 is 17.9 Å². The Hall–Kier alpha value is -2.38. The standard InChI is InChI=1S/C19H24N2O4S/c1-19(2,3)16-7-5-6-8-17(16)21-18(22)13-20-26(23,24)15-11-9-14(25-4)10-12-15/h5-12,20H,13H2,1-4H3,(H,21,22). The summed E-state index contributed by atoms with van der Waals surface area (Å²) in [6.45, 7) is 5.78. The predicted molar refractivity (Wildman–Crippen MR) is 102 cm³/mol. The Kier molecular flexibility index (Phi) is 6.05. The van der Waals surface area contributed by atoms with Gasteiger partial charge >= 0.3 is 0 Å². The monoisotopic (exact) mass is 376 g/mol. The van der Waals surface area contributed by atoms with E-state index in [1.807, 2.05) is 39.0 Å². The van der Waals surface area contributed by atoms with E-state index in [9.17, 15) is 13.2 Å². The number of amides is 1. The second-order valence-corrected chi connectivity index (χ2v) is 8.61. The highest BCUT2D eigenvalue weighted by Gasteiger charge is 2.20. The lowest BCUT2D eigenvalue weighted by Crippen LogP contribution is -2.33. The molecule has 0 saturated carbocycles. The van der Waals surface area contributed by atoms with Crippen molar-refractivity contribution in [1.29, 1.82) is 0 Å². The fourth-order valence-electron chi connectivity index (χ4n) is 2.44. The van der Waals surface area contributed by atoms with Crippen LogP contribution in [0.2, 0.25) is 0 Å². The molecule has 0 atom stereocenters. The van der Waals surface area contributed by atoms with Gasteiger partial charge < -0.3 is 10.1 Å². The Morgan fingerprint density at radius 1 is 1.04 bits per heavy atom. The molecule has 0 aliphatic carbocycles. The predicted octanol–water partition coefficient (Wildman–Crippen LogP) is 2.91. The number of ether oxygens (including phenoxy) is 1. The van der Waals surface area contributed by atoms with Crippen LogP contribution < -0.4 is 14.8 Å². The van der Waals surface area contributed by atoms with Crippen LogP contribution in [-0.2, 0) is 20.2 Å². The van der Waals surface area contributed by atoms with E-state index in [2.05, 4.69) is 10.0 Å². The number of carbonyl (C=O) groups excluding carboxylic acids is 1. The number of sulfonamides is 1. The first-order valence-electron chi connectivity index (χ1n) is 8.16. The molecule has 7 heteroatoms. The molecule has 0 fully saturated rings. The highest BCUT2D eigenvalue weighted by atomic mass is 32.2. The lowest BCUT2D eigenvalue weighted by Gasteiger charge is -2.23. The molecule has 0 heterocycles. The summed E-state index contributed by atoms with van der Waals surface area (Å²) in [6, 6.07) is 13.4. The molecule has 140 valence electrons. The average Bonchev–Trinajstić information content (AvgIpc) is 2.60. The largest absolute Gasteiger partial charge is 0.497 e. The summed E-state index contributed by atoms with van der Waals surface area (Å²) in [6.07, 6.45) is 0. The van der Waals surface area contributed by atoms with Gasteiger partial charge in [0.05, 0.1) is 18.6 Å². The minimum atomic E-state index is -3.78. The molecule has 2 aromatic carbocycles. The summed E-state index contributed by atoms with van der Waals surface area (Å²) in [5.41, 5.74) is 1.51. The average molecular weight is 376 g/mol. The van der Waals surface area contributed by atoms with Gasteiger partial charge in [0.15, 0.2) is 0 Å². The van der Waals surface area contributed by atoms with Crippen molar-refractivity contribution in [2.75, 3.05) is 19.0 Å². The smallest absolute Gasteiger partial charge is 0.241 e. The van der Waals surface area contributed by atoms with Crippen LogP contribution >= 0.6 is 0 Å². The van der Waals surface area contributed by atoms with E-state index in [-0.39, 0.29) is 16.9 Å². The minimum Gasteiger partial charge on any atom is -0.497 e. The molecular formula is C19H24N2O4S. The third kappa shape index (κ3) is 5.06. The van der Waals surface area contributed by atoms with Gasteiger partial charge in [-0.25, -0.2) is 13.1 Å². The molecule has 1 amide bonds. The summed E-state index contributed by atoms with van der Waals surface area (Å²) >= 11 is 0. The number of benzene rings is 2. The van der Waals surface area contributed by atoms with Crippen molar-refractivity contribution in [3.8, 4) is 5.75 Å². The van der Waals surface area contributed by atoms with Crippen molar-refractivity contribution >= 4 is 21.6 Å². The number of anilines is 1. The summed E-state index contributed by atoms with van der Waals surface area (Å²) in [7, 11) is -2.28. The van der Waals surface area contributed by atoms with E-state index in [0.29, 0.717) is 11.4 Å². The van der Waals surface area contributed by atoms with Crippen LogP contribution in [0.25, 0.3) is 0 Å². The zero-order valence-electron chi connectivity index (χ0n) is 15.4. The van der Waals surface area contributed by atoms with E-state index >= 15 is 0 Å². The summed E-state index contributed by atoms with van der Waals surface area (Å²) < 4.78 is 31.9. The molecule has 0 saturated heterocycles. The first-order chi connectivity index (χ1) is 12.1. The van der Waals surface area contributed by atoms with Gasteiger partial charge in [-0.3, -0.25) is 4.79 Å². The van der Waals surface area contributed by atoms with Crippen LogP contribution in [0.1, 0.15) is 26.3 Å². The Labute approximate surface area is 154 Å². The van der Waals surface area contributed by atoms with Gasteiger partial charge in [0, 0.05) is 5.69 Å². The molecule has 0 spiro atoms. The van der Waals surface area contributed by atoms with Crippen LogP contribution in [0.15, 0.2) is 53.4 Å². The molecule has 2 aromatic rings. The molecule has 0 radical (unpaired) electrons. The second-order valence-electron chi connectivity index (χ2n) is 6.84. The first-order valence-corrected chi connectivity index (χ1v) is 9.65. The SMILES string of the molecule is COc1ccc(S(=O)(=O)NCC(=O)Nc2ccccc2C(C)(C)C)cc1. The molecule has 0 bridgehead atoms. The van der Waals surface area contributed by atoms with Gasteiger partial charge in [-0.15, -0.1) is 0 Å². The van der Waals surface area contributed by atoms with E-state index in [0.717, 1.165) is 5.56 Å². The third-order valence-electron chi connectivity index (χ3n) is 3.80. The highest BCUT2D eigenvalue weighted by Crippen LogP contribution is 2.29. The summed E-state index contributed by atoms with van der Waals surface area (Å²) in [4.78, 5) is 12.3. The fraction of sp³-hybridized carbons (Fsp3) is 0.316. The number of carbonyl (C=O) groups is 1. The zero-order valence-corrected chi connectivity index (χ0v) is 16.2. The van der Waals surface area contributed by atoms with E-state index in [1.165, 1.54) is 19.2 Å². The van der Waals surface area contributed by atoms with Crippen molar-refractivity contribution in [3.05, 3.63) is 54.1 Å². The van der Waals surface area contributed by atoms with E-state index in [1.54, 1.807) is 18.2 Å². The zero-order chi connectivity index (χ0) is 19.4. The molecule has 0 unspecified atom stereocenters. The minimum absolute atomic E-state index is 0.0705. The number of nitrogens with one attached hydrogen (secondary N) is 2. The molecule has 0 aromatic heterocycles. The Balaban J connectivity index is 2.05. The lowest BCUT2D eigenvalue weighted by molar-refractivity contribution is -0.115. The molecular weight excluding hydrogens is 352 g/mol. The lowest BCUT2D eigenvalue weighted by atomic mass is 9.86. The van der Waals surface area contributed by atoms with Gasteiger partial charge in [0.2, 0.25) is 15.9 Å². The maximum absolute atomic E-state index is 12.3. The maximum Gasteiger partial charge on any atom is 0.241 e. The van der Waals surface area contributed by atoms with Gasteiger partial charge in [0.25, 0.3) is 0 Å². The maximum atomic E-state index is 12.3. The topological polar surface area (TPSA) is 84.5 Å². The van der Waals surface area contributed by atoms with Gasteiger partial charge in [-0.2, -0.15) is 0 Å². The number of hydrogen-bond acceptors (Lipinski definition) is 4. The van der Waals surface area contributed by atoms with Gasteiger partial charge in [-0.1, -0.05) is 39.0 Å². The van der Waals surface area contributed by atoms with E-state index < -0.39 is 15.9 Å². The Bertz CT molecular complexity index is 869. The fourth-order valence-corrected chi connectivity index (χ4v) is 3.42. The summed E-state index contributed by atoms with van der Waals surface area (Å²) in [5, 5.41) is 2.77. The van der Waals surface area contributed by atoms with Crippen molar-refractivity contribution in [1.82, 2.24) is 4.72 Å². The number of methoxy groups -OCH3 is 1. The van der Waals surface area contributed by atoms with Crippen molar-refractivity contribution in [3.63, 3.8) is 0 Å². The van der Waals surface area contributed by atoms with Crippen LogP contribution in [0.3, 0.4) is 0 Å². The Morgan fingerprint density at radius 3 is 2.23 bits per heavy atom. The number of rotatable bonds is 6. The van der Waals surface area contributed by atoms with E-state index in [4.69, 9.17) is 4.74 Å². The first kappa shape index (κ1) is 19.9. The van der Waals surface area contributed by atoms with Crippen molar-refractivity contribution in [2.45, 2.75) is 31.1 Å². The second kappa shape index (κ2) is 7.88. The van der Waals surface area contributed by atoms with Crippen LogP contribution in [0, 0.1) is 0 Å². The van der Waals surface area contributed by atoms with Gasteiger partial charge in [0.1, 0.15) is 5.75 Å². The van der Waals surface area contributed by atoms with Crippen LogP contribution in [0.4, 0.5) is 5.69 Å². The normalized spacial score (nSPS) is 11.8. The molecule has 2 rings (SSSR count). The molecule has 0 aliphatic rings. The Morgan fingerprint density at radius 2 is 1.65 bits per heavy atom. The molecule has 26 heavy (non-hydrogen) atoms. The molecule has 0 aliphatic heterocycles. The molecule has 6 nitrogen and oxygen atoms in total. The van der Waals surface area contributed by atoms with Crippen LogP contribution in [0.5, 0.6) is 5.75 Å². The number of para-hydroxylation sites is 1. The molecule has 2 N–H and O–H groups in total. The van der Waals surface area contributed by atoms with Crippen molar-refractivity contribution in [2.24, 2.45) is 0 Å². The van der Waals surface area contributed by atoms with Gasteiger partial charge in [-0.05, 0) is 41.3 Å². The number of hydrogen-bond donors (Lipinski definition) is 2. The van der Waals surface area contributed by atoms with Crippen LogP contribution in [-0.4, -0.2) is 28.0 Å². The highest BCUT2D eigenvalue weighted by molar-refractivity contribution is 7.89.